The predicted octanol–water partition coefficient (Wildman–Crippen LogP) is 1.13. The van der Waals surface area contributed by atoms with E-state index in [0.717, 1.165) is 10.00 Å². The molecule has 0 aliphatic carbocycles. The quantitative estimate of drug-likeness (QED) is 0.549. The van der Waals surface area contributed by atoms with Gasteiger partial charge in [0.2, 0.25) is 10.0 Å². The van der Waals surface area contributed by atoms with Crippen LogP contribution in [0.2, 0.25) is 5.02 Å². The summed E-state index contributed by atoms with van der Waals surface area (Å²) >= 11 is 5.97. The van der Waals surface area contributed by atoms with E-state index in [1.807, 2.05) is 0 Å². The van der Waals surface area contributed by atoms with E-state index in [2.05, 4.69) is 20.4 Å². The van der Waals surface area contributed by atoms with Crippen LogP contribution in [0.3, 0.4) is 0 Å². The van der Waals surface area contributed by atoms with Crippen molar-refractivity contribution in [2.45, 2.75) is 11.8 Å². The lowest BCUT2D eigenvalue weighted by molar-refractivity contribution is -0.119. The maximum atomic E-state index is 12.3. The number of carbonyl (C=O) groups is 2. The number of aromatic nitrogens is 4. The fourth-order valence-corrected chi connectivity index (χ4v) is 3.75. The lowest BCUT2D eigenvalue weighted by Gasteiger charge is -2.14. The minimum absolute atomic E-state index is 0.00922. The highest BCUT2D eigenvalue weighted by Crippen LogP contribution is 2.26. The zero-order chi connectivity index (χ0) is 22.1. The second-order valence-corrected chi connectivity index (χ2v) is 8.82. The van der Waals surface area contributed by atoms with E-state index in [4.69, 9.17) is 16.3 Å². The molecule has 0 radical (unpaired) electrons. The van der Waals surface area contributed by atoms with Crippen LogP contribution in [0.5, 0.6) is 0 Å². The summed E-state index contributed by atoms with van der Waals surface area (Å²) in [7, 11) is -1.08. The molecule has 158 valence electrons. The molecule has 30 heavy (non-hydrogen) atoms. The van der Waals surface area contributed by atoms with Gasteiger partial charge in [-0.05, 0) is 31.2 Å². The summed E-state index contributed by atoms with van der Waals surface area (Å²) in [5.41, 5.74) is 0.891. The number of anilines is 1. The van der Waals surface area contributed by atoms with Crippen LogP contribution < -0.4 is 5.32 Å². The summed E-state index contributed by atoms with van der Waals surface area (Å²) in [6, 6.07) is 5.68. The molecule has 0 atom stereocenters. The van der Waals surface area contributed by atoms with Crippen LogP contribution >= 0.6 is 11.6 Å². The fraction of sp³-hybridized carbons (Fsp3) is 0.235. The summed E-state index contributed by atoms with van der Waals surface area (Å²) in [6.45, 7) is 1.14. The van der Waals surface area contributed by atoms with Crippen LogP contribution in [0, 0.1) is 6.92 Å². The molecular weight excluding hydrogens is 436 g/mol. The van der Waals surface area contributed by atoms with Crippen LogP contribution in [0.4, 0.5) is 5.69 Å². The van der Waals surface area contributed by atoms with E-state index in [1.54, 1.807) is 13.0 Å². The molecule has 2 aromatic heterocycles. The van der Waals surface area contributed by atoms with Gasteiger partial charge < -0.3 is 10.1 Å². The maximum absolute atomic E-state index is 12.3. The van der Waals surface area contributed by atoms with Gasteiger partial charge in [0.05, 0.1) is 5.02 Å². The van der Waals surface area contributed by atoms with Crippen molar-refractivity contribution >= 4 is 45.0 Å². The standard InChI is InChI=1S/C17H17ClN6O5S/c1-10-6-7-19-17-21-15(22-24(10)17)16(26)29-9-14(25)20-11-4-5-12(18)13(8-11)30(27,28)23(2)3/h4-8H,9H2,1-3H3,(H,20,25). The molecule has 0 spiro atoms. The van der Waals surface area contributed by atoms with Crippen LogP contribution in [0.15, 0.2) is 35.4 Å². The number of fused-ring (bicyclic) bond motifs is 1. The molecule has 0 saturated carbocycles. The van der Waals surface area contributed by atoms with Gasteiger partial charge in [0.1, 0.15) is 4.90 Å². The van der Waals surface area contributed by atoms with E-state index in [1.165, 1.54) is 43.0 Å². The van der Waals surface area contributed by atoms with Crippen LogP contribution in [0.1, 0.15) is 16.3 Å². The Morgan fingerprint density at radius 3 is 2.67 bits per heavy atom. The number of nitrogens with zero attached hydrogens (tertiary/aromatic N) is 5. The Labute approximate surface area is 176 Å². The van der Waals surface area contributed by atoms with Gasteiger partial charge in [-0.3, -0.25) is 4.79 Å². The van der Waals surface area contributed by atoms with Crippen molar-refractivity contribution in [3.63, 3.8) is 0 Å². The zero-order valence-corrected chi connectivity index (χ0v) is 17.7. The third-order valence-corrected chi connectivity index (χ3v) is 6.22. The van der Waals surface area contributed by atoms with Crippen molar-refractivity contribution < 1.29 is 22.7 Å². The van der Waals surface area contributed by atoms with E-state index >= 15 is 0 Å². The second kappa shape index (κ2) is 8.34. The van der Waals surface area contributed by atoms with Gasteiger partial charge in [0, 0.05) is 31.7 Å². The number of aryl methyl sites for hydroxylation is 1. The van der Waals surface area contributed by atoms with Crippen molar-refractivity contribution in [3.8, 4) is 0 Å². The van der Waals surface area contributed by atoms with E-state index < -0.39 is 28.5 Å². The lowest BCUT2D eigenvalue weighted by Crippen LogP contribution is -2.24. The SMILES string of the molecule is Cc1ccnc2nc(C(=O)OCC(=O)Nc3ccc(Cl)c(S(=O)(=O)N(C)C)c3)nn12. The first kappa shape index (κ1) is 21.6. The first-order valence-corrected chi connectivity index (χ1v) is 10.3. The molecule has 1 aromatic carbocycles. The Morgan fingerprint density at radius 2 is 2.00 bits per heavy atom. The number of hydrogen-bond donors (Lipinski definition) is 1. The number of halogens is 1. The van der Waals surface area contributed by atoms with E-state index in [0.29, 0.717) is 0 Å². The molecule has 11 nitrogen and oxygen atoms in total. The molecule has 0 bridgehead atoms. The number of ether oxygens (including phenoxy) is 1. The second-order valence-electron chi connectivity index (χ2n) is 6.29. The average Bonchev–Trinajstić information content (AvgIpc) is 3.13. The highest BCUT2D eigenvalue weighted by atomic mass is 35.5. The molecular formula is C17H17ClN6O5S. The summed E-state index contributed by atoms with van der Waals surface area (Å²) in [5, 5.41) is 6.45. The van der Waals surface area contributed by atoms with Gasteiger partial charge in [-0.2, -0.15) is 4.98 Å². The van der Waals surface area contributed by atoms with Crippen molar-refractivity contribution in [1.29, 1.82) is 0 Å². The van der Waals surface area contributed by atoms with E-state index in [-0.39, 0.29) is 27.2 Å². The monoisotopic (exact) mass is 452 g/mol. The van der Waals surface area contributed by atoms with Crippen molar-refractivity contribution in [3.05, 3.63) is 47.0 Å². The molecule has 1 amide bonds. The van der Waals surface area contributed by atoms with Gasteiger partial charge in [-0.15, -0.1) is 5.10 Å². The molecule has 0 saturated heterocycles. The Morgan fingerprint density at radius 1 is 1.27 bits per heavy atom. The minimum atomic E-state index is -3.80. The van der Waals surface area contributed by atoms with Gasteiger partial charge in [0.25, 0.3) is 17.5 Å². The fourth-order valence-electron chi connectivity index (χ4n) is 2.36. The minimum Gasteiger partial charge on any atom is -0.450 e. The van der Waals surface area contributed by atoms with Crippen LogP contribution in [-0.2, 0) is 19.6 Å². The number of benzene rings is 1. The topological polar surface area (TPSA) is 136 Å². The highest BCUT2D eigenvalue weighted by molar-refractivity contribution is 7.89. The Bertz CT molecular complexity index is 1240. The third kappa shape index (κ3) is 4.40. The highest BCUT2D eigenvalue weighted by Gasteiger charge is 2.22. The summed E-state index contributed by atoms with van der Waals surface area (Å²) in [6.07, 6.45) is 1.53. The number of amides is 1. The van der Waals surface area contributed by atoms with Gasteiger partial charge >= 0.3 is 5.97 Å². The first-order chi connectivity index (χ1) is 14.1. The number of carbonyl (C=O) groups excluding carboxylic acids is 2. The normalized spacial score (nSPS) is 11.6. The number of rotatable bonds is 6. The molecule has 0 aliphatic heterocycles. The lowest BCUT2D eigenvalue weighted by atomic mass is 10.3. The number of esters is 1. The van der Waals surface area contributed by atoms with Gasteiger partial charge in [-0.25, -0.2) is 27.0 Å². The van der Waals surface area contributed by atoms with Crippen molar-refractivity contribution in [2.75, 3.05) is 26.0 Å². The Kier molecular flexibility index (Phi) is 6.01. The molecule has 3 rings (SSSR count). The summed E-state index contributed by atoms with van der Waals surface area (Å²) in [4.78, 5) is 32.0. The van der Waals surface area contributed by atoms with Crippen LogP contribution in [-0.4, -0.2) is 64.9 Å². The maximum Gasteiger partial charge on any atom is 0.378 e. The first-order valence-electron chi connectivity index (χ1n) is 8.47. The van der Waals surface area contributed by atoms with Gasteiger partial charge in [-0.1, -0.05) is 11.6 Å². The number of sulfonamides is 1. The zero-order valence-electron chi connectivity index (χ0n) is 16.2. The van der Waals surface area contributed by atoms with Gasteiger partial charge in [0.15, 0.2) is 6.61 Å². The number of nitrogens with one attached hydrogen (secondary N) is 1. The third-order valence-electron chi connectivity index (χ3n) is 3.92. The molecule has 3 aromatic rings. The Balaban J connectivity index is 1.67. The molecule has 1 N–H and O–H groups in total. The predicted molar refractivity (Wildman–Crippen MR) is 107 cm³/mol. The molecule has 0 aliphatic rings. The molecule has 2 heterocycles. The average molecular weight is 453 g/mol. The van der Waals surface area contributed by atoms with Crippen molar-refractivity contribution in [1.82, 2.24) is 23.9 Å². The smallest absolute Gasteiger partial charge is 0.378 e. The Hall–Kier alpha value is -3.09. The molecule has 0 unspecified atom stereocenters. The number of hydrogen-bond acceptors (Lipinski definition) is 8. The molecule has 0 fully saturated rings. The van der Waals surface area contributed by atoms with Crippen molar-refractivity contribution in [2.24, 2.45) is 0 Å². The summed E-state index contributed by atoms with van der Waals surface area (Å²) in [5.74, 6) is -1.60. The molecule has 13 heteroatoms. The summed E-state index contributed by atoms with van der Waals surface area (Å²) < 4.78 is 31.9. The van der Waals surface area contributed by atoms with E-state index in [9.17, 15) is 18.0 Å². The van der Waals surface area contributed by atoms with Crippen LogP contribution in [0.25, 0.3) is 5.78 Å². The largest absolute Gasteiger partial charge is 0.450 e.